The molecule has 1 aromatic carbocycles. The highest BCUT2D eigenvalue weighted by Gasteiger charge is 2.58. The first-order valence-electron chi connectivity index (χ1n) is 17.6. The second kappa shape index (κ2) is 15.9. The Bertz CT molecular complexity index is 1500. The van der Waals surface area contributed by atoms with E-state index in [2.05, 4.69) is 30.4 Å². The van der Waals surface area contributed by atoms with Crippen LogP contribution in [0.5, 0.6) is 0 Å². The van der Waals surface area contributed by atoms with Gasteiger partial charge in [-0.3, -0.25) is 14.5 Å². The van der Waals surface area contributed by atoms with Gasteiger partial charge < -0.3 is 25.3 Å². The Balaban J connectivity index is 1.57. The summed E-state index contributed by atoms with van der Waals surface area (Å²) in [6.07, 6.45) is 6.23. The van der Waals surface area contributed by atoms with E-state index in [-0.39, 0.29) is 30.4 Å². The molecule has 13 heteroatoms. The summed E-state index contributed by atoms with van der Waals surface area (Å²) in [5.74, 6) is -1.94. The first-order chi connectivity index (χ1) is 23.2. The first-order valence-corrected chi connectivity index (χ1v) is 17.6. The van der Waals surface area contributed by atoms with Crippen LogP contribution in [0, 0.1) is 17.8 Å². The fraction of sp³-hybridized carbons (Fsp3) is 0.639. The maximum Gasteiger partial charge on any atom is 0.411 e. The second-order valence-corrected chi connectivity index (χ2v) is 14.5. The number of hydrogen-bond acceptors (Lipinski definition) is 10. The molecule has 0 saturated carbocycles. The van der Waals surface area contributed by atoms with Gasteiger partial charge in [0.05, 0.1) is 24.9 Å². The van der Waals surface area contributed by atoms with Crippen LogP contribution in [0.15, 0.2) is 42.6 Å². The van der Waals surface area contributed by atoms with Gasteiger partial charge in [-0.2, -0.15) is 0 Å². The zero-order chi connectivity index (χ0) is 36.1. The Morgan fingerprint density at radius 3 is 2.57 bits per heavy atom. The van der Waals surface area contributed by atoms with Gasteiger partial charge in [0.2, 0.25) is 0 Å². The molecular formula is C36H55BN6O6. The third-order valence-electron chi connectivity index (χ3n) is 11.1. The zero-order valence-corrected chi connectivity index (χ0v) is 30.6. The van der Waals surface area contributed by atoms with Gasteiger partial charge >= 0.3 is 12.1 Å². The van der Waals surface area contributed by atoms with Crippen molar-refractivity contribution in [2.75, 3.05) is 25.9 Å². The number of ether oxygens (including phenoxy) is 3. The monoisotopic (exact) mass is 678 g/mol. The number of nitrogens with two attached hydrogens (primary N) is 1. The van der Waals surface area contributed by atoms with Crippen molar-refractivity contribution in [1.29, 1.82) is 0 Å². The van der Waals surface area contributed by atoms with Crippen LogP contribution in [0.4, 0.5) is 10.5 Å². The normalized spacial score (nSPS) is 32.7. The number of nitrogens with one attached hydrogen (secondary N) is 1. The number of carbonyl (C=O) groups excluding carboxylic acids is 3. The van der Waals surface area contributed by atoms with Crippen molar-refractivity contribution in [2.24, 2.45) is 17.8 Å². The highest BCUT2D eigenvalue weighted by molar-refractivity contribution is 6.18. The fourth-order valence-electron chi connectivity index (χ4n) is 7.39. The largest absolute Gasteiger partial charge is 0.458 e. The lowest BCUT2D eigenvalue weighted by Gasteiger charge is -2.41. The Hall–Kier alpha value is -3.71. The zero-order valence-electron chi connectivity index (χ0n) is 30.6. The standard InChI is InChI=1S/C36H55BN6O6/c1-9-30-35(7)32(43(34(46)49-35)18-11-10-17-42-21-29(40-41-42)27-13-12-14-28(38)19-27)25(5)39-20-22(2)15-16-36(37,26(6)47-8)24(4)31(44)23(3)33(45)48-30/h10-14,19,21-26,30,32,39H,9,15-18,20,37-38H2,1-8H3/b11-10+/t22-,23-,24+,25-,26?,30-,32-,35-,36+/m1/s1. The molecule has 3 heterocycles. The van der Waals surface area contributed by atoms with Crippen LogP contribution in [0.1, 0.15) is 67.7 Å². The lowest BCUT2D eigenvalue weighted by molar-refractivity contribution is -0.170. The molecule has 268 valence electrons. The summed E-state index contributed by atoms with van der Waals surface area (Å²) in [6, 6.07) is 6.80. The number of amides is 1. The number of carbonyl (C=O) groups is 3. The minimum Gasteiger partial charge on any atom is -0.458 e. The Labute approximate surface area is 291 Å². The lowest BCUT2D eigenvalue weighted by atomic mass is 9.53. The fourth-order valence-corrected chi connectivity index (χ4v) is 7.39. The van der Waals surface area contributed by atoms with E-state index in [0.29, 0.717) is 30.9 Å². The molecule has 1 amide bonds. The number of cyclic esters (lactones) is 1. The highest BCUT2D eigenvalue weighted by atomic mass is 16.6. The van der Waals surface area contributed by atoms with Crippen LogP contribution in [0.25, 0.3) is 11.3 Å². The van der Waals surface area contributed by atoms with E-state index in [1.165, 1.54) is 0 Å². The number of esters is 1. The predicted molar refractivity (Wildman–Crippen MR) is 191 cm³/mol. The molecule has 2 saturated heterocycles. The minimum atomic E-state index is -1.17. The number of Topliss-reactive ketones (excluding diaryl/α,β-unsaturated/α-hetero) is 1. The summed E-state index contributed by atoms with van der Waals surface area (Å²) in [5, 5.41) is 11.7. The van der Waals surface area contributed by atoms with E-state index < -0.39 is 47.0 Å². The molecule has 2 aliphatic heterocycles. The number of nitrogen functional groups attached to an aromatic ring is 1. The Morgan fingerprint density at radius 2 is 1.90 bits per heavy atom. The first kappa shape index (κ1) is 38.1. The van der Waals surface area contributed by atoms with E-state index in [1.807, 2.05) is 77.2 Å². The van der Waals surface area contributed by atoms with Gasteiger partial charge in [0, 0.05) is 36.9 Å². The van der Waals surface area contributed by atoms with Crippen LogP contribution in [-0.4, -0.2) is 95.7 Å². The third-order valence-corrected chi connectivity index (χ3v) is 11.1. The minimum absolute atomic E-state index is 0.176. The topological polar surface area (TPSA) is 151 Å². The van der Waals surface area contributed by atoms with Gasteiger partial charge in [0.25, 0.3) is 0 Å². The number of hydrogen-bond donors (Lipinski definition) is 2. The second-order valence-electron chi connectivity index (χ2n) is 14.5. The van der Waals surface area contributed by atoms with Crippen molar-refractivity contribution >= 4 is 31.4 Å². The number of ketones is 1. The SMILES string of the molecule is B[C@@]1(C(C)OC)CC[C@@H](C)CN[C@H](C)[C@H]2N(C/C=C/Cn3cc(-c4cccc(N)c4)nn3)C(=O)O[C@]2(C)[C@@H](CC)OC(=O)[C@H](C)C(=O)[C@@H]1C. The third kappa shape index (κ3) is 8.20. The van der Waals surface area contributed by atoms with Crippen LogP contribution in [0.3, 0.4) is 0 Å². The lowest BCUT2D eigenvalue weighted by Crippen LogP contribution is -2.60. The van der Waals surface area contributed by atoms with E-state index in [1.54, 1.807) is 23.6 Å². The molecule has 2 aromatic rings. The Kier molecular flexibility index (Phi) is 12.4. The molecule has 3 N–H and O–H groups in total. The predicted octanol–water partition coefficient (Wildman–Crippen LogP) is 4.06. The van der Waals surface area contributed by atoms with Crippen LogP contribution in [0.2, 0.25) is 5.31 Å². The average molecular weight is 679 g/mol. The van der Waals surface area contributed by atoms with Gasteiger partial charge in [-0.1, -0.05) is 56.7 Å². The average Bonchev–Trinajstić information content (AvgIpc) is 3.66. The number of allylic oxidation sites excluding steroid dienone is 1. The smallest absolute Gasteiger partial charge is 0.411 e. The van der Waals surface area contributed by atoms with Crippen LogP contribution < -0.4 is 11.1 Å². The molecule has 0 bridgehead atoms. The number of rotatable bonds is 8. The van der Waals surface area contributed by atoms with Gasteiger partial charge in [-0.15, -0.1) is 5.10 Å². The van der Waals surface area contributed by atoms with Crippen molar-refractivity contribution < 1.29 is 28.6 Å². The van der Waals surface area contributed by atoms with Crippen molar-refractivity contribution in [1.82, 2.24) is 25.2 Å². The molecule has 0 aliphatic carbocycles. The van der Waals surface area contributed by atoms with Crippen molar-refractivity contribution in [3.63, 3.8) is 0 Å². The summed E-state index contributed by atoms with van der Waals surface area (Å²) in [6.45, 7) is 14.9. The molecule has 49 heavy (non-hydrogen) atoms. The molecule has 0 radical (unpaired) electrons. The summed E-state index contributed by atoms with van der Waals surface area (Å²) >= 11 is 0. The van der Waals surface area contributed by atoms with Gasteiger partial charge in [-0.05, 0) is 70.4 Å². The van der Waals surface area contributed by atoms with Gasteiger partial charge in [0.1, 0.15) is 31.3 Å². The van der Waals surface area contributed by atoms with Crippen molar-refractivity contribution in [2.45, 2.75) is 109 Å². The number of benzene rings is 1. The number of nitrogens with zero attached hydrogens (tertiary/aromatic N) is 4. The molecule has 1 unspecified atom stereocenters. The molecule has 0 spiro atoms. The molecule has 2 fully saturated rings. The maximum absolute atomic E-state index is 13.8. The number of fused-ring (bicyclic) bond motifs is 1. The molecule has 4 rings (SSSR count). The molecule has 9 atom stereocenters. The van der Waals surface area contributed by atoms with Crippen LogP contribution >= 0.6 is 0 Å². The number of methoxy groups -OCH3 is 1. The summed E-state index contributed by atoms with van der Waals surface area (Å²) < 4.78 is 19.7. The van der Waals surface area contributed by atoms with E-state index in [4.69, 9.17) is 19.9 Å². The number of anilines is 1. The summed E-state index contributed by atoms with van der Waals surface area (Å²) in [5.41, 5.74) is 7.00. The molecule has 2 aliphatic rings. The van der Waals surface area contributed by atoms with Crippen molar-refractivity contribution in [3.8, 4) is 11.3 Å². The highest BCUT2D eigenvalue weighted by Crippen LogP contribution is 2.45. The van der Waals surface area contributed by atoms with Crippen molar-refractivity contribution in [3.05, 3.63) is 42.6 Å². The molecular weight excluding hydrogens is 623 g/mol. The van der Waals surface area contributed by atoms with Gasteiger partial charge in [-0.25, -0.2) is 9.48 Å². The summed E-state index contributed by atoms with van der Waals surface area (Å²) in [4.78, 5) is 42.7. The van der Waals surface area contributed by atoms with E-state index >= 15 is 0 Å². The quantitative estimate of drug-likeness (QED) is 0.138. The molecule has 12 nitrogen and oxygen atoms in total. The van der Waals surface area contributed by atoms with Gasteiger partial charge in [0.15, 0.2) is 5.60 Å². The molecule has 1 aromatic heterocycles. The Morgan fingerprint density at radius 1 is 1.18 bits per heavy atom. The maximum atomic E-state index is 13.8. The summed E-state index contributed by atoms with van der Waals surface area (Å²) in [7, 11) is 3.74. The van der Waals surface area contributed by atoms with E-state index in [9.17, 15) is 14.4 Å². The number of aromatic nitrogens is 3. The van der Waals surface area contributed by atoms with Crippen LogP contribution in [-0.2, 0) is 30.3 Å². The van der Waals surface area contributed by atoms with E-state index in [0.717, 1.165) is 18.4 Å².